The summed E-state index contributed by atoms with van der Waals surface area (Å²) in [5.74, 6) is -0.557. The molecule has 0 saturated carbocycles. The van der Waals surface area contributed by atoms with Gasteiger partial charge in [-0.2, -0.15) is 0 Å². The largest absolute Gasteiger partial charge is 0.495 e. The predicted octanol–water partition coefficient (Wildman–Crippen LogP) is 5.99. The fourth-order valence-corrected chi connectivity index (χ4v) is 5.26. The Labute approximate surface area is 224 Å². The average molecular weight is 543 g/mol. The van der Waals surface area contributed by atoms with Crippen LogP contribution in [0.3, 0.4) is 0 Å². The van der Waals surface area contributed by atoms with Gasteiger partial charge in [-0.05, 0) is 42.5 Å². The van der Waals surface area contributed by atoms with Crippen LogP contribution in [0.4, 0.5) is 21.5 Å². The first-order valence-electron chi connectivity index (χ1n) is 11.8. The zero-order chi connectivity index (χ0) is 26.1. The van der Waals surface area contributed by atoms with Crippen LogP contribution < -0.4 is 14.5 Å². The van der Waals surface area contributed by atoms with E-state index in [-0.39, 0.29) is 12.1 Å². The SMILES string of the molecule is COc1ccc(Cl)cc1N1C(N2CCN(c3cccc(Cl)c3)CC2)=Nc2c(F)cccc2C1CC(=O)O. The van der Waals surface area contributed by atoms with Crippen molar-refractivity contribution < 1.29 is 19.0 Å². The van der Waals surface area contributed by atoms with Crippen LogP contribution in [0.25, 0.3) is 0 Å². The van der Waals surface area contributed by atoms with Gasteiger partial charge in [0.15, 0.2) is 0 Å². The van der Waals surface area contributed by atoms with E-state index >= 15 is 4.39 Å². The van der Waals surface area contributed by atoms with Gasteiger partial charge >= 0.3 is 5.97 Å². The zero-order valence-electron chi connectivity index (χ0n) is 20.1. The lowest BCUT2D eigenvalue weighted by Crippen LogP contribution is -2.55. The topological polar surface area (TPSA) is 68.6 Å². The molecule has 0 bridgehead atoms. The molecule has 1 fully saturated rings. The summed E-state index contributed by atoms with van der Waals surface area (Å²) in [6.45, 7) is 2.50. The molecule has 0 amide bonds. The molecule has 5 rings (SSSR count). The molecule has 2 aliphatic heterocycles. The molecule has 10 heteroatoms. The standard InChI is InChI=1S/C27H25Cl2FN4O3/c1-37-24-9-8-18(29)15-23(24)34-22(16-25(35)36)20-6-3-7-21(30)26(20)31-27(34)33-12-10-32(11-13-33)19-5-2-4-17(28)14-19/h2-9,14-15,22H,10-13,16H2,1H3,(H,35,36). The number of fused-ring (bicyclic) bond motifs is 1. The molecule has 0 radical (unpaired) electrons. The van der Waals surface area contributed by atoms with Gasteiger partial charge < -0.3 is 24.5 Å². The van der Waals surface area contributed by atoms with Crippen molar-refractivity contribution in [1.82, 2.24) is 4.90 Å². The maximum atomic E-state index is 15.0. The second kappa shape index (κ2) is 10.5. The number of halogens is 3. The predicted molar refractivity (Wildman–Crippen MR) is 144 cm³/mol. The zero-order valence-corrected chi connectivity index (χ0v) is 21.6. The van der Waals surface area contributed by atoms with Gasteiger partial charge in [0.2, 0.25) is 5.96 Å². The highest BCUT2D eigenvalue weighted by Gasteiger charge is 2.38. The molecular formula is C27H25Cl2FN4O3. The lowest BCUT2D eigenvalue weighted by Gasteiger charge is -2.45. The molecule has 1 N–H and O–H groups in total. The Morgan fingerprint density at radius 1 is 1.03 bits per heavy atom. The van der Waals surface area contributed by atoms with Crippen molar-refractivity contribution in [2.45, 2.75) is 12.5 Å². The van der Waals surface area contributed by atoms with Crippen molar-refractivity contribution in [3.05, 3.63) is 82.1 Å². The number of piperazine rings is 1. The maximum absolute atomic E-state index is 15.0. The highest BCUT2D eigenvalue weighted by atomic mass is 35.5. The fraction of sp³-hybridized carbons (Fsp3) is 0.259. The molecule has 1 atom stereocenters. The summed E-state index contributed by atoms with van der Waals surface area (Å²) in [6.07, 6.45) is -0.270. The summed E-state index contributed by atoms with van der Waals surface area (Å²) in [5.41, 5.74) is 2.22. The van der Waals surface area contributed by atoms with E-state index in [1.165, 1.54) is 13.2 Å². The number of nitrogens with zero attached hydrogens (tertiary/aromatic N) is 4. The summed E-state index contributed by atoms with van der Waals surface area (Å²) in [7, 11) is 1.54. The van der Waals surface area contributed by atoms with Crippen LogP contribution in [0.1, 0.15) is 18.0 Å². The van der Waals surface area contributed by atoms with Crippen LogP contribution in [0, 0.1) is 5.82 Å². The Morgan fingerprint density at radius 3 is 2.43 bits per heavy atom. The average Bonchev–Trinajstić information content (AvgIpc) is 2.89. The van der Waals surface area contributed by atoms with Gasteiger partial charge in [0, 0.05) is 47.5 Å². The van der Waals surface area contributed by atoms with Gasteiger partial charge in [0.25, 0.3) is 0 Å². The number of methoxy groups -OCH3 is 1. The number of guanidine groups is 1. The van der Waals surface area contributed by atoms with Crippen LogP contribution in [-0.4, -0.2) is 55.2 Å². The van der Waals surface area contributed by atoms with Crippen molar-refractivity contribution in [2.24, 2.45) is 4.99 Å². The molecule has 2 heterocycles. The molecule has 2 aliphatic rings. The summed E-state index contributed by atoms with van der Waals surface area (Å²) < 4.78 is 20.6. The molecule has 0 aromatic heterocycles. The number of hydrogen-bond donors (Lipinski definition) is 1. The molecule has 1 saturated heterocycles. The van der Waals surface area contributed by atoms with Crippen molar-refractivity contribution in [1.29, 1.82) is 0 Å². The van der Waals surface area contributed by atoms with Crippen molar-refractivity contribution >= 4 is 52.2 Å². The quantitative estimate of drug-likeness (QED) is 0.427. The number of benzene rings is 3. The Kier molecular flexibility index (Phi) is 7.13. The first-order valence-corrected chi connectivity index (χ1v) is 12.6. The van der Waals surface area contributed by atoms with Gasteiger partial charge in [-0.25, -0.2) is 9.38 Å². The molecule has 192 valence electrons. The summed E-state index contributed by atoms with van der Waals surface area (Å²) >= 11 is 12.6. The molecule has 37 heavy (non-hydrogen) atoms. The molecule has 0 aliphatic carbocycles. The van der Waals surface area contributed by atoms with Crippen molar-refractivity contribution in [3.63, 3.8) is 0 Å². The first-order chi connectivity index (χ1) is 17.9. The third kappa shape index (κ3) is 5.04. The minimum absolute atomic E-state index is 0.151. The molecule has 1 unspecified atom stereocenters. The number of aliphatic imine (C=N–C) groups is 1. The fourth-order valence-electron chi connectivity index (χ4n) is 4.91. The van der Waals surface area contributed by atoms with E-state index < -0.39 is 17.8 Å². The lowest BCUT2D eigenvalue weighted by atomic mass is 9.97. The van der Waals surface area contributed by atoms with E-state index in [0.717, 1.165) is 5.69 Å². The van der Waals surface area contributed by atoms with Crippen molar-refractivity contribution in [3.8, 4) is 5.75 Å². The molecular weight excluding hydrogens is 518 g/mol. The number of rotatable bonds is 5. The van der Waals surface area contributed by atoms with E-state index in [4.69, 9.17) is 32.9 Å². The Balaban J connectivity index is 1.58. The lowest BCUT2D eigenvalue weighted by molar-refractivity contribution is -0.137. The molecule has 0 spiro atoms. The molecule has 3 aromatic carbocycles. The number of ether oxygens (including phenoxy) is 1. The van der Waals surface area contributed by atoms with Crippen LogP contribution in [0.5, 0.6) is 5.75 Å². The van der Waals surface area contributed by atoms with Crippen LogP contribution in [-0.2, 0) is 4.79 Å². The van der Waals surface area contributed by atoms with Gasteiger partial charge in [-0.15, -0.1) is 0 Å². The number of aliphatic carboxylic acids is 1. The first kappa shape index (κ1) is 25.2. The minimum Gasteiger partial charge on any atom is -0.495 e. The summed E-state index contributed by atoms with van der Waals surface area (Å²) in [5, 5.41) is 11.0. The second-order valence-electron chi connectivity index (χ2n) is 8.84. The number of para-hydroxylation sites is 1. The van der Waals surface area contributed by atoms with E-state index in [0.29, 0.717) is 59.2 Å². The highest BCUT2D eigenvalue weighted by molar-refractivity contribution is 6.31. The number of anilines is 2. The second-order valence-corrected chi connectivity index (χ2v) is 9.72. The third-order valence-corrected chi connectivity index (χ3v) is 7.09. The van der Waals surface area contributed by atoms with Crippen LogP contribution in [0.15, 0.2) is 65.7 Å². The van der Waals surface area contributed by atoms with Crippen LogP contribution >= 0.6 is 23.2 Å². The monoisotopic (exact) mass is 542 g/mol. The van der Waals surface area contributed by atoms with Gasteiger partial charge in [0.05, 0.1) is 25.3 Å². The third-order valence-electron chi connectivity index (χ3n) is 6.62. The number of hydrogen-bond acceptors (Lipinski definition) is 6. The van der Waals surface area contributed by atoms with Gasteiger partial charge in [-0.3, -0.25) is 4.79 Å². The molecule has 3 aromatic rings. The maximum Gasteiger partial charge on any atom is 0.305 e. The number of carbonyl (C=O) groups is 1. The molecule has 7 nitrogen and oxygen atoms in total. The van der Waals surface area contributed by atoms with Gasteiger partial charge in [0.1, 0.15) is 17.3 Å². The van der Waals surface area contributed by atoms with Gasteiger partial charge in [-0.1, -0.05) is 41.4 Å². The Bertz CT molecular complexity index is 1360. The van der Waals surface area contributed by atoms with Crippen LogP contribution in [0.2, 0.25) is 10.0 Å². The Morgan fingerprint density at radius 2 is 1.73 bits per heavy atom. The highest BCUT2D eigenvalue weighted by Crippen LogP contribution is 2.45. The normalized spacial score (nSPS) is 17.4. The summed E-state index contributed by atoms with van der Waals surface area (Å²) in [6, 6.07) is 16.7. The van der Waals surface area contributed by atoms with E-state index in [9.17, 15) is 9.90 Å². The van der Waals surface area contributed by atoms with E-state index in [1.807, 2.05) is 34.1 Å². The summed E-state index contributed by atoms with van der Waals surface area (Å²) in [4.78, 5) is 22.9. The number of carboxylic acid groups (broad SMARTS) is 1. The van der Waals surface area contributed by atoms with E-state index in [2.05, 4.69) is 4.90 Å². The number of carboxylic acids is 1. The van der Waals surface area contributed by atoms with Crippen molar-refractivity contribution in [2.75, 3.05) is 43.1 Å². The smallest absolute Gasteiger partial charge is 0.305 e. The Hall–Kier alpha value is -3.49. The minimum atomic E-state index is -1.02. The van der Waals surface area contributed by atoms with E-state index in [1.54, 1.807) is 30.3 Å².